The number of hydrogen-bond acceptors (Lipinski definition) is 7. The molecule has 0 bridgehead atoms. The lowest BCUT2D eigenvalue weighted by molar-refractivity contribution is -0.301. The fourth-order valence-electron chi connectivity index (χ4n) is 1.95. The van der Waals surface area contributed by atoms with Crippen LogP contribution in [0.25, 0.3) is 0 Å². The minimum absolute atomic E-state index is 0.323. The highest BCUT2D eigenvalue weighted by Gasteiger charge is 2.43. The van der Waals surface area contributed by atoms with Gasteiger partial charge in [0.25, 0.3) is 0 Å². The van der Waals surface area contributed by atoms with Crippen molar-refractivity contribution in [1.82, 2.24) is 0 Å². The summed E-state index contributed by atoms with van der Waals surface area (Å²) < 4.78 is 15.5. The van der Waals surface area contributed by atoms with Gasteiger partial charge < -0.3 is 34.6 Å². The molecular weight excluding hydrogens is 244 g/mol. The van der Waals surface area contributed by atoms with E-state index in [0.717, 1.165) is 19.4 Å². The van der Waals surface area contributed by atoms with Crippen LogP contribution in [0.3, 0.4) is 0 Å². The molecule has 7 heteroatoms. The number of rotatable bonds is 6. The van der Waals surface area contributed by atoms with E-state index in [9.17, 15) is 15.3 Å². The fourth-order valence-corrected chi connectivity index (χ4v) is 1.95. The van der Waals surface area contributed by atoms with Gasteiger partial charge in [0.1, 0.15) is 24.4 Å². The Balaban J connectivity index is 1.74. The van der Waals surface area contributed by atoms with E-state index in [-0.39, 0.29) is 0 Å². The summed E-state index contributed by atoms with van der Waals surface area (Å²) in [5.41, 5.74) is 0. The monoisotopic (exact) mass is 264 g/mol. The molecule has 0 aromatic heterocycles. The second-order valence-electron chi connectivity index (χ2n) is 4.67. The van der Waals surface area contributed by atoms with Crippen LogP contribution in [-0.2, 0) is 14.2 Å². The molecule has 0 radical (unpaired) electrons. The third-order valence-corrected chi connectivity index (χ3v) is 3.20. The zero-order valence-electron chi connectivity index (χ0n) is 10.0. The quantitative estimate of drug-likeness (QED) is 0.324. The van der Waals surface area contributed by atoms with Gasteiger partial charge >= 0.3 is 0 Å². The van der Waals surface area contributed by atoms with Crippen LogP contribution >= 0.6 is 0 Å². The Kier molecular flexibility index (Phi) is 4.91. The maximum Gasteiger partial charge on any atom is 0.186 e. The molecule has 0 spiro atoms. The summed E-state index contributed by atoms with van der Waals surface area (Å²) in [5.74, 6) is 0. The number of ether oxygens (including phenoxy) is 3. The summed E-state index contributed by atoms with van der Waals surface area (Å²) in [7, 11) is 0. The Morgan fingerprint density at radius 1 is 1.11 bits per heavy atom. The Bertz CT molecular complexity index is 256. The second kappa shape index (κ2) is 6.25. The number of hydrogen-bond donors (Lipinski definition) is 4. The van der Waals surface area contributed by atoms with Crippen molar-refractivity contribution in [3.05, 3.63) is 0 Å². The molecule has 0 amide bonds. The lowest BCUT2D eigenvalue weighted by Crippen LogP contribution is -2.59. The molecule has 0 saturated carbocycles. The van der Waals surface area contributed by atoms with E-state index >= 15 is 0 Å². The van der Waals surface area contributed by atoms with Crippen molar-refractivity contribution in [2.75, 3.05) is 19.8 Å². The molecule has 2 aliphatic rings. The third-order valence-electron chi connectivity index (χ3n) is 3.20. The van der Waals surface area contributed by atoms with E-state index in [2.05, 4.69) is 0 Å². The summed E-state index contributed by atoms with van der Waals surface area (Å²) in [6.45, 7) is 0.712. The number of aliphatic hydroxyl groups excluding tert-OH is 4. The number of aliphatic hydroxyl groups is 4. The first-order valence-corrected chi connectivity index (χ1v) is 6.17. The van der Waals surface area contributed by atoms with E-state index in [1.807, 2.05) is 0 Å². The van der Waals surface area contributed by atoms with Crippen LogP contribution in [0, 0.1) is 0 Å². The minimum atomic E-state index is -1.38. The van der Waals surface area contributed by atoms with Crippen LogP contribution in [0.4, 0.5) is 0 Å². The summed E-state index contributed by atoms with van der Waals surface area (Å²) in [6, 6.07) is 0. The van der Waals surface area contributed by atoms with E-state index in [4.69, 9.17) is 19.3 Å². The maximum atomic E-state index is 9.68. The highest BCUT2D eigenvalue weighted by Crippen LogP contribution is 2.22. The normalized spacial score (nSPS) is 44.0. The van der Waals surface area contributed by atoms with E-state index in [1.165, 1.54) is 0 Å². The average Bonchev–Trinajstić information content (AvgIpc) is 3.18. The second-order valence-corrected chi connectivity index (χ2v) is 4.67. The molecule has 2 rings (SSSR count). The summed E-state index contributed by atoms with van der Waals surface area (Å²) in [6.07, 6.45) is -4.02. The molecule has 106 valence electrons. The van der Waals surface area contributed by atoms with Gasteiger partial charge in [-0.1, -0.05) is 0 Å². The van der Waals surface area contributed by atoms with E-state index in [0.29, 0.717) is 12.7 Å². The molecule has 4 N–H and O–H groups in total. The highest BCUT2D eigenvalue weighted by molar-refractivity contribution is 4.88. The van der Waals surface area contributed by atoms with Crippen molar-refractivity contribution in [3.8, 4) is 0 Å². The highest BCUT2D eigenvalue weighted by atomic mass is 16.7. The van der Waals surface area contributed by atoms with Crippen LogP contribution < -0.4 is 0 Å². The molecule has 1 unspecified atom stereocenters. The Morgan fingerprint density at radius 2 is 1.83 bits per heavy atom. The van der Waals surface area contributed by atoms with Gasteiger partial charge in [0.15, 0.2) is 6.29 Å². The van der Waals surface area contributed by atoms with Crippen LogP contribution in [0.5, 0.6) is 0 Å². The number of epoxide rings is 1. The topological polar surface area (TPSA) is 112 Å². The molecular formula is C11H20O7. The molecule has 2 heterocycles. The zero-order valence-corrected chi connectivity index (χ0v) is 10.0. The maximum absolute atomic E-state index is 9.68. The first-order valence-electron chi connectivity index (χ1n) is 6.17. The van der Waals surface area contributed by atoms with Gasteiger partial charge in [-0.05, 0) is 12.8 Å². The van der Waals surface area contributed by atoms with Crippen LogP contribution in [-0.4, -0.2) is 77.1 Å². The average molecular weight is 264 g/mol. The van der Waals surface area contributed by atoms with Gasteiger partial charge in [0.05, 0.1) is 19.3 Å². The van der Waals surface area contributed by atoms with Gasteiger partial charge in [-0.15, -0.1) is 0 Å². The van der Waals surface area contributed by atoms with Crippen molar-refractivity contribution in [1.29, 1.82) is 0 Å². The summed E-state index contributed by atoms with van der Waals surface area (Å²) in [4.78, 5) is 0. The standard InChI is InChI=1S/C11H20O7/c12-4-7-8(13)9(14)10(15)11(18-7)16-3-1-2-6-5-17-6/h6-15H,1-5H2/t6?,7-,8-,9+,10+,11+/m1/s1. The minimum Gasteiger partial charge on any atom is -0.394 e. The van der Waals surface area contributed by atoms with Crippen molar-refractivity contribution < 1.29 is 34.6 Å². The zero-order chi connectivity index (χ0) is 13.1. The molecule has 0 aliphatic carbocycles. The predicted molar refractivity (Wildman–Crippen MR) is 58.7 cm³/mol. The van der Waals surface area contributed by atoms with Crippen molar-refractivity contribution in [2.45, 2.75) is 49.7 Å². The third kappa shape index (κ3) is 3.39. The van der Waals surface area contributed by atoms with Gasteiger partial charge in [-0.2, -0.15) is 0 Å². The van der Waals surface area contributed by atoms with Crippen molar-refractivity contribution >= 4 is 0 Å². The van der Waals surface area contributed by atoms with Crippen molar-refractivity contribution in [2.24, 2.45) is 0 Å². The molecule has 0 aromatic rings. The molecule has 2 aliphatic heterocycles. The van der Waals surface area contributed by atoms with E-state index < -0.39 is 37.3 Å². The Hall–Kier alpha value is -0.280. The largest absolute Gasteiger partial charge is 0.394 e. The van der Waals surface area contributed by atoms with Crippen LogP contribution in [0.2, 0.25) is 0 Å². The van der Waals surface area contributed by atoms with Gasteiger partial charge in [-0.25, -0.2) is 0 Å². The SMILES string of the molecule is OC[C@H]1O[C@H](OCCCC2CO2)[C@@H](O)[C@@H](O)[C@@H]1O. The lowest BCUT2D eigenvalue weighted by atomic mass is 9.99. The van der Waals surface area contributed by atoms with E-state index in [1.54, 1.807) is 0 Å². The lowest BCUT2D eigenvalue weighted by Gasteiger charge is -2.39. The molecule has 0 aromatic carbocycles. The molecule has 7 nitrogen and oxygen atoms in total. The molecule has 6 atom stereocenters. The van der Waals surface area contributed by atoms with Crippen molar-refractivity contribution in [3.63, 3.8) is 0 Å². The van der Waals surface area contributed by atoms with Gasteiger partial charge in [0.2, 0.25) is 0 Å². The molecule has 18 heavy (non-hydrogen) atoms. The van der Waals surface area contributed by atoms with Crippen LogP contribution in [0.15, 0.2) is 0 Å². The van der Waals surface area contributed by atoms with Gasteiger partial charge in [0, 0.05) is 6.61 Å². The first-order chi connectivity index (χ1) is 8.63. The van der Waals surface area contributed by atoms with Crippen LogP contribution in [0.1, 0.15) is 12.8 Å². The molecule has 2 fully saturated rings. The first kappa shape index (κ1) is 14.1. The Morgan fingerprint density at radius 3 is 2.44 bits per heavy atom. The smallest absolute Gasteiger partial charge is 0.186 e. The molecule has 2 saturated heterocycles. The Labute approximate surface area is 105 Å². The van der Waals surface area contributed by atoms with Gasteiger partial charge in [-0.3, -0.25) is 0 Å². The predicted octanol–water partition coefficient (Wildman–Crippen LogP) is -2.02. The fraction of sp³-hybridized carbons (Fsp3) is 1.00. The summed E-state index contributed by atoms with van der Waals surface area (Å²) >= 11 is 0. The summed E-state index contributed by atoms with van der Waals surface area (Å²) in [5, 5.41) is 37.8.